The predicted molar refractivity (Wildman–Crippen MR) is 130 cm³/mol. The molecule has 8 heteroatoms. The van der Waals surface area contributed by atoms with Crippen molar-refractivity contribution in [1.82, 2.24) is 4.90 Å². The first-order valence-electron chi connectivity index (χ1n) is 11.5. The number of anilines is 1. The monoisotopic (exact) mass is 474 g/mol. The van der Waals surface area contributed by atoms with Gasteiger partial charge in [-0.15, -0.1) is 0 Å². The van der Waals surface area contributed by atoms with Gasteiger partial charge in [0.05, 0.1) is 19.0 Å². The Hall–Kier alpha value is -2.26. The zero-order chi connectivity index (χ0) is 23.5. The van der Waals surface area contributed by atoms with Gasteiger partial charge in [0, 0.05) is 31.7 Å². The average molecular weight is 475 g/mol. The molecule has 0 aliphatic carbocycles. The van der Waals surface area contributed by atoms with Crippen LogP contribution in [0.4, 0.5) is 5.69 Å². The second-order valence-corrected chi connectivity index (χ2v) is 10.3. The van der Waals surface area contributed by atoms with Gasteiger partial charge in [-0.05, 0) is 54.5 Å². The summed E-state index contributed by atoms with van der Waals surface area (Å²) in [5.41, 5.74) is 3.94. The van der Waals surface area contributed by atoms with E-state index in [9.17, 15) is 13.2 Å². The summed E-state index contributed by atoms with van der Waals surface area (Å²) in [6.45, 7) is 2.98. The smallest absolute Gasteiger partial charge is 0.233 e. The number of carbonyl (C=O) groups excluding carboxylic acids is 1. The van der Waals surface area contributed by atoms with E-state index in [4.69, 9.17) is 9.84 Å². The molecule has 2 N–H and O–H groups in total. The van der Waals surface area contributed by atoms with Crippen molar-refractivity contribution in [2.75, 3.05) is 49.9 Å². The van der Waals surface area contributed by atoms with Gasteiger partial charge in [0.25, 0.3) is 0 Å². The molecule has 0 radical (unpaired) electrons. The Morgan fingerprint density at radius 3 is 2.03 bits per heavy atom. The van der Waals surface area contributed by atoms with Crippen LogP contribution < -0.4 is 4.72 Å². The summed E-state index contributed by atoms with van der Waals surface area (Å²) < 4.78 is 32.7. The van der Waals surface area contributed by atoms with E-state index in [1.807, 2.05) is 48.5 Å². The van der Waals surface area contributed by atoms with Crippen molar-refractivity contribution in [2.24, 2.45) is 0 Å². The second kappa shape index (κ2) is 12.8. The first-order valence-corrected chi connectivity index (χ1v) is 13.2. The number of ether oxygens (including phenoxy) is 1. The SMILES string of the molecule is O=C(CO)Cc1ccc(CCCCc2ccc(NS(=O)(=O)CCN3CCOCC3)cc2)cc1. The number of aryl methyl sites for hydroxylation is 2. The summed E-state index contributed by atoms with van der Waals surface area (Å²) in [7, 11) is -3.37. The van der Waals surface area contributed by atoms with E-state index in [-0.39, 0.29) is 18.0 Å². The summed E-state index contributed by atoms with van der Waals surface area (Å²) >= 11 is 0. The molecule has 0 amide bonds. The van der Waals surface area contributed by atoms with Crippen LogP contribution in [-0.2, 0) is 38.8 Å². The molecule has 1 aliphatic heterocycles. The lowest BCUT2D eigenvalue weighted by Crippen LogP contribution is -2.39. The molecule has 2 aromatic rings. The van der Waals surface area contributed by atoms with Crippen LogP contribution in [0.5, 0.6) is 0 Å². The summed E-state index contributed by atoms with van der Waals surface area (Å²) in [6.07, 6.45) is 4.26. The molecule has 0 atom stereocenters. The van der Waals surface area contributed by atoms with E-state index < -0.39 is 16.6 Å². The van der Waals surface area contributed by atoms with Gasteiger partial charge in [-0.25, -0.2) is 8.42 Å². The minimum atomic E-state index is -3.37. The van der Waals surface area contributed by atoms with Crippen molar-refractivity contribution in [3.63, 3.8) is 0 Å². The number of Topliss-reactive ketones (excluding diaryl/α,β-unsaturated/α-hetero) is 1. The van der Waals surface area contributed by atoms with Crippen molar-refractivity contribution < 1.29 is 23.1 Å². The van der Waals surface area contributed by atoms with Crippen LogP contribution in [-0.4, -0.2) is 69.4 Å². The molecule has 0 bridgehead atoms. The molecule has 1 heterocycles. The number of nitrogens with one attached hydrogen (secondary N) is 1. The van der Waals surface area contributed by atoms with Gasteiger partial charge in [0.15, 0.2) is 5.78 Å². The van der Waals surface area contributed by atoms with Crippen molar-refractivity contribution in [2.45, 2.75) is 32.1 Å². The highest BCUT2D eigenvalue weighted by Gasteiger charge is 2.16. The van der Waals surface area contributed by atoms with Gasteiger partial charge in [0.2, 0.25) is 10.0 Å². The zero-order valence-electron chi connectivity index (χ0n) is 19.0. The van der Waals surface area contributed by atoms with Crippen LogP contribution in [0.15, 0.2) is 48.5 Å². The Balaban J connectivity index is 1.36. The number of nitrogens with zero attached hydrogens (tertiary/aromatic N) is 1. The molecule has 1 aliphatic rings. The van der Waals surface area contributed by atoms with E-state index in [1.54, 1.807) is 0 Å². The van der Waals surface area contributed by atoms with Crippen LogP contribution >= 0.6 is 0 Å². The highest BCUT2D eigenvalue weighted by molar-refractivity contribution is 7.92. The van der Waals surface area contributed by atoms with E-state index in [0.717, 1.165) is 44.3 Å². The standard InChI is InChI=1S/C25H34N2O5S/c28-20-25(29)19-23-7-5-21(6-8-23)3-1-2-4-22-9-11-24(12-10-22)26-33(30,31)18-15-27-13-16-32-17-14-27/h5-12,26,28H,1-4,13-20H2. The van der Waals surface area contributed by atoms with E-state index in [2.05, 4.69) is 9.62 Å². The van der Waals surface area contributed by atoms with Crippen molar-refractivity contribution in [3.8, 4) is 0 Å². The average Bonchev–Trinajstić information content (AvgIpc) is 2.83. The Morgan fingerprint density at radius 2 is 1.45 bits per heavy atom. The van der Waals surface area contributed by atoms with E-state index in [1.165, 1.54) is 11.1 Å². The summed E-state index contributed by atoms with van der Waals surface area (Å²) in [5, 5.41) is 8.83. The number of carbonyl (C=O) groups is 1. The number of hydrogen-bond acceptors (Lipinski definition) is 6. The van der Waals surface area contributed by atoms with Gasteiger partial charge >= 0.3 is 0 Å². The van der Waals surface area contributed by atoms with Crippen LogP contribution in [0, 0.1) is 0 Å². The van der Waals surface area contributed by atoms with Crippen LogP contribution in [0.3, 0.4) is 0 Å². The Bertz CT molecular complexity index is 969. The molecule has 0 unspecified atom stereocenters. The largest absolute Gasteiger partial charge is 0.389 e. The maximum Gasteiger partial charge on any atom is 0.233 e. The lowest BCUT2D eigenvalue weighted by atomic mass is 10.0. The molecular weight excluding hydrogens is 440 g/mol. The van der Waals surface area contributed by atoms with Crippen molar-refractivity contribution >= 4 is 21.5 Å². The molecule has 1 saturated heterocycles. The topological polar surface area (TPSA) is 95.9 Å². The third kappa shape index (κ3) is 9.25. The van der Waals surface area contributed by atoms with Gasteiger partial charge in [-0.2, -0.15) is 0 Å². The molecular formula is C25H34N2O5S. The fourth-order valence-corrected chi connectivity index (χ4v) is 4.91. The zero-order valence-corrected chi connectivity index (χ0v) is 19.9. The molecule has 180 valence electrons. The number of morpholine rings is 1. The number of aliphatic hydroxyl groups is 1. The number of benzene rings is 2. The van der Waals surface area contributed by atoms with Gasteiger partial charge in [-0.3, -0.25) is 14.4 Å². The minimum absolute atomic E-state index is 0.0769. The number of aliphatic hydroxyl groups excluding tert-OH is 1. The Labute approximate surface area is 196 Å². The molecule has 0 saturated carbocycles. The highest BCUT2D eigenvalue weighted by atomic mass is 32.2. The predicted octanol–water partition coefficient (Wildman–Crippen LogP) is 2.43. The number of sulfonamides is 1. The molecule has 0 spiro atoms. The molecule has 33 heavy (non-hydrogen) atoms. The quantitative estimate of drug-likeness (QED) is 0.433. The first-order chi connectivity index (χ1) is 15.9. The van der Waals surface area contributed by atoms with Crippen molar-refractivity contribution in [1.29, 1.82) is 0 Å². The van der Waals surface area contributed by atoms with Crippen LogP contribution in [0.25, 0.3) is 0 Å². The molecule has 3 rings (SSSR count). The highest BCUT2D eigenvalue weighted by Crippen LogP contribution is 2.15. The number of ketones is 1. The minimum Gasteiger partial charge on any atom is -0.389 e. The fourth-order valence-electron chi connectivity index (χ4n) is 3.81. The maximum absolute atomic E-state index is 12.4. The van der Waals surface area contributed by atoms with Gasteiger partial charge in [-0.1, -0.05) is 36.4 Å². The third-order valence-electron chi connectivity index (χ3n) is 5.79. The summed E-state index contributed by atoms with van der Waals surface area (Å²) in [6, 6.07) is 15.6. The Morgan fingerprint density at radius 1 is 0.909 bits per heavy atom. The Kier molecular flexibility index (Phi) is 9.87. The third-order valence-corrected chi connectivity index (χ3v) is 7.06. The first kappa shape index (κ1) is 25.4. The number of rotatable bonds is 13. The molecule has 0 aromatic heterocycles. The molecule has 1 fully saturated rings. The fraction of sp³-hybridized carbons (Fsp3) is 0.480. The second-order valence-electron chi connectivity index (χ2n) is 8.47. The van der Waals surface area contributed by atoms with E-state index in [0.29, 0.717) is 25.4 Å². The van der Waals surface area contributed by atoms with Crippen LogP contribution in [0.2, 0.25) is 0 Å². The summed E-state index contributed by atoms with van der Waals surface area (Å²) in [4.78, 5) is 13.4. The normalized spacial score (nSPS) is 14.8. The van der Waals surface area contributed by atoms with Crippen molar-refractivity contribution in [3.05, 3.63) is 65.2 Å². The summed E-state index contributed by atoms with van der Waals surface area (Å²) in [5.74, 6) is -0.0948. The lowest BCUT2D eigenvalue weighted by Gasteiger charge is -2.26. The maximum atomic E-state index is 12.4. The number of hydrogen-bond donors (Lipinski definition) is 2. The van der Waals surface area contributed by atoms with Gasteiger partial charge in [0.1, 0.15) is 6.61 Å². The van der Waals surface area contributed by atoms with Gasteiger partial charge < -0.3 is 9.84 Å². The molecule has 2 aromatic carbocycles. The number of unbranched alkanes of at least 4 members (excludes halogenated alkanes) is 1. The van der Waals surface area contributed by atoms with E-state index >= 15 is 0 Å². The van der Waals surface area contributed by atoms with Crippen LogP contribution in [0.1, 0.15) is 29.5 Å². The lowest BCUT2D eigenvalue weighted by molar-refractivity contribution is -0.121. The molecule has 7 nitrogen and oxygen atoms in total.